The number of unbranched alkanes of at least 4 members (excludes halogenated alkanes) is 1. The first-order chi connectivity index (χ1) is 10.1. The minimum atomic E-state index is -0.0769. The predicted molar refractivity (Wildman–Crippen MR) is 86.2 cm³/mol. The molecule has 0 aliphatic rings. The lowest BCUT2D eigenvalue weighted by atomic mass is 10.0. The molecule has 1 aromatic rings. The van der Waals surface area contributed by atoms with Crippen molar-refractivity contribution in [3.63, 3.8) is 0 Å². The summed E-state index contributed by atoms with van der Waals surface area (Å²) in [5.74, 6) is 5.79. The van der Waals surface area contributed by atoms with E-state index in [-0.39, 0.29) is 18.6 Å². The molecule has 2 N–H and O–H groups in total. The van der Waals surface area contributed by atoms with E-state index in [4.69, 9.17) is 5.11 Å². The molecule has 1 unspecified atom stereocenters. The van der Waals surface area contributed by atoms with Crippen molar-refractivity contribution in [3.8, 4) is 11.8 Å². The molecule has 1 aromatic carbocycles. The molecule has 0 aliphatic heterocycles. The molecule has 0 saturated heterocycles. The molecular weight excluding hydrogens is 262 g/mol. The fraction of sp³-hybridized carbons (Fsp3) is 0.500. The van der Waals surface area contributed by atoms with Gasteiger partial charge in [0.15, 0.2) is 0 Å². The van der Waals surface area contributed by atoms with E-state index in [1.165, 1.54) is 0 Å². The summed E-state index contributed by atoms with van der Waals surface area (Å²) < 4.78 is 0. The van der Waals surface area contributed by atoms with E-state index >= 15 is 0 Å². The maximum absolute atomic E-state index is 12.4. The lowest BCUT2D eigenvalue weighted by Gasteiger charge is -2.14. The Hall–Kier alpha value is -1.79. The van der Waals surface area contributed by atoms with E-state index in [2.05, 4.69) is 24.1 Å². The Morgan fingerprint density at radius 3 is 2.86 bits per heavy atom. The van der Waals surface area contributed by atoms with E-state index in [9.17, 15) is 4.79 Å². The third-order valence-electron chi connectivity index (χ3n) is 3.25. The van der Waals surface area contributed by atoms with Crippen LogP contribution in [0, 0.1) is 18.8 Å². The number of aliphatic hydroxyl groups excluding tert-OH is 1. The molecule has 0 saturated carbocycles. The topological polar surface area (TPSA) is 49.3 Å². The second-order valence-corrected chi connectivity index (χ2v) is 5.34. The number of carbonyl (C=O) groups excluding carboxylic acids is 1. The molecule has 114 valence electrons. The fourth-order valence-corrected chi connectivity index (χ4v) is 2.06. The maximum Gasteiger partial charge on any atom is 0.252 e. The predicted octanol–water partition coefficient (Wildman–Crippen LogP) is 3.04. The minimum Gasteiger partial charge on any atom is -0.395 e. The first-order valence-corrected chi connectivity index (χ1v) is 7.59. The SMILES string of the molecule is CCCCC(C)NC(=O)c1ccc(C)cc1C#CCCO. The van der Waals surface area contributed by atoms with Crippen LogP contribution in [0.3, 0.4) is 0 Å². The van der Waals surface area contributed by atoms with Crippen molar-refractivity contribution in [2.45, 2.75) is 52.5 Å². The van der Waals surface area contributed by atoms with Gasteiger partial charge >= 0.3 is 0 Å². The van der Waals surface area contributed by atoms with Gasteiger partial charge in [-0.3, -0.25) is 4.79 Å². The standard InChI is InChI=1S/C18H25NO2/c1-4-5-8-15(3)19-18(21)17-11-10-14(2)13-16(17)9-6-7-12-20/h10-11,13,15,20H,4-5,7-8,12H2,1-3H3,(H,19,21). The van der Waals surface area contributed by atoms with E-state index < -0.39 is 0 Å². The van der Waals surface area contributed by atoms with Crippen LogP contribution in [-0.2, 0) is 0 Å². The molecule has 21 heavy (non-hydrogen) atoms. The van der Waals surface area contributed by atoms with Gasteiger partial charge in [-0.1, -0.05) is 37.7 Å². The third kappa shape index (κ3) is 6.01. The Kier molecular flexibility index (Phi) is 7.56. The number of aryl methyl sites for hydroxylation is 1. The second-order valence-electron chi connectivity index (χ2n) is 5.34. The Balaban J connectivity index is 2.86. The quantitative estimate of drug-likeness (QED) is 0.790. The Labute approximate surface area is 127 Å². The Morgan fingerprint density at radius 1 is 1.43 bits per heavy atom. The van der Waals surface area contributed by atoms with Gasteiger partial charge < -0.3 is 10.4 Å². The number of benzene rings is 1. The van der Waals surface area contributed by atoms with Crippen LogP contribution in [0.5, 0.6) is 0 Å². The molecule has 0 heterocycles. The lowest BCUT2D eigenvalue weighted by Crippen LogP contribution is -2.32. The van der Waals surface area contributed by atoms with Gasteiger partial charge in [0.1, 0.15) is 0 Å². The van der Waals surface area contributed by atoms with E-state index in [0.717, 1.165) is 30.4 Å². The van der Waals surface area contributed by atoms with Crippen LogP contribution in [0.1, 0.15) is 61.0 Å². The highest BCUT2D eigenvalue weighted by Crippen LogP contribution is 2.12. The largest absolute Gasteiger partial charge is 0.395 e. The highest BCUT2D eigenvalue weighted by molar-refractivity contribution is 5.97. The molecular formula is C18H25NO2. The van der Waals surface area contributed by atoms with Crippen molar-refractivity contribution in [3.05, 3.63) is 34.9 Å². The van der Waals surface area contributed by atoms with Gasteiger partial charge in [0.05, 0.1) is 12.2 Å². The lowest BCUT2D eigenvalue weighted by molar-refractivity contribution is 0.0937. The average molecular weight is 287 g/mol. The summed E-state index contributed by atoms with van der Waals surface area (Å²) in [6.07, 6.45) is 3.64. The van der Waals surface area contributed by atoms with Crippen LogP contribution in [0.15, 0.2) is 18.2 Å². The summed E-state index contributed by atoms with van der Waals surface area (Å²) in [5.41, 5.74) is 2.40. The van der Waals surface area contributed by atoms with Crippen LogP contribution in [0.2, 0.25) is 0 Å². The Morgan fingerprint density at radius 2 is 2.19 bits per heavy atom. The number of carbonyl (C=O) groups is 1. The molecule has 3 heteroatoms. The molecule has 0 radical (unpaired) electrons. The summed E-state index contributed by atoms with van der Waals surface area (Å²) in [5, 5.41) is 11.8. The highest BCUT2D eigenvalue weighted by Gasteiger charge is 2.12. The zero-order valence-electron chi connectivity index (χ0n) is 13.2. The summed E-state index contributed by atoms with van der Waals surface area (Å²) in [7, 11) is 0. The third-order valence-corrected chi connectivity index (χ3v) is 3.25. The van der Waals surface area contributed by atoms with E-state index in [1.807, 2.05) is 32.0 Å². The van der Waals surface area contributed by atoms with Gasteiger partial charge in [-0.2, -0.15) is 0 Å². The van der Waals surface area contributed by atoms with E-state index in [0.29, 0.717) is 12.0 Å². The first-order valence-electron chi connectivity index (χ1n) is 7.59. The molecule has 0 spiro atoms. The van der Waals surface area contributed by atoms with Gasteiger partial charge in [-0.25, -0.2) is 0 Å². The van der Waals surface area contributed by atoms with Crippen molar-refractivity contribution < 1.29 is 9.90 Å². The molecule has 0 bridgehead atoms. The minimum absolute atomic E-state index is 0.0361. The number of aliphatic hydroxyl groups is 1. The summed E-state index contributed by atoms with van der Waals surface area (Å²) in [6, 6.07) is 5.82. The number of hydrogen-bond donors (Lipinski definition) is 2. The van der Waals surface area contributed by atoms with Crippen LogP contribution < -0.4 is 5.32 Å². The number of hydrogen-bond acceptors (Lipinski definition) is 2. The summed E-state index contributed by atoms with van der Waals surface area (Å²) >= 11 is 0. The number of rotatable bonds is 6. The van der Waals surface area contributed by atoms with Crippen molar-refractivity contribution in [2.75, 3.05) is 6.61 Å². The van der Waals surface area contributed by atoms with Crippen LogP contribution in [-0.4, -0.2) is 23.7 Å². The molecule has 1 rings (SSSR count). The second kappa shape index (κ2) is 9.20. The number of amides is 1. The number of nitrogens with one attached hydrogen (secondary N) is 1. The first kappa shape index (κ1) is 17.3. The zero-order chi connectivity index (χ0) is 15.7. The van der Waals surface area contributed by atoms with Crippen molar-refractivity contribution in [1.82, 2.24) is 5.32 Å². The summed E-state index contributed by atoms with van der Waals surface area (Å²) in [6.45, 7) is 6.18. The molecule has 3 nitrogen and oxygen atoms in total. The fourth-order valence-electron chi connectivity index (χ4n) is 2.06. The smallest absolute Gasteiger partial charge is 0.252 e. The molecule has 0 aromatic heterocycles. The van der Waals surface area contributed by atoms with Gasteiger partial charge in [0.2, 0.25) is 0 Å². The van der Waals surface area contributed by atoms with Gasteiger partial charge in [0.25, 0.3) is 5.91 Å². The zero-order valence-corrected chi connectivity index (χ0v) is 13.2. The van der Waals surface area contributed by atoms with Gasteiger partial charge in [0, 0.05) is 18.0 Å². The Bertz CT molecular complexity index is 526. The summed E-state index contributed by atoms with van der Waals surface area (Å²) in [4.78, 5) is 12.4. The average Bonchev–Trinajstić information content (AvgIpc) is 2.45. The monoisotopic (exact) mass is 287 g/mol. The normalized spacial score (nSPS) is 11.4. The van der Waals surface area contributed by atoms with Crippen LogP contribution in [0.25, 0.3) is 0 Å². The molecule has 0 aliphatic carbocycles. The molecule has 1 amide bonds. The van der Waals surface area contributed by atoms with Crippen molar-refractivity contribution >= 4 is 5.91 Å². The van der Waals surface area contributed by atoms with E-state index in [1.54, 1.807) is 0 Å². The maximum atomic E-state index is 12.4. The van der Waals surface area contributed by atoms with Crippen LogP contribution >= 0.6 is 0 Å². The van der Waals surface area contributed by atoms with Crippen molar-refractivity contribution in [2.24, 2.45) is 0 Å². The molecule has 0 fully saturated rings. The van der Waals surface area contributed by atoms with Gasteiger partial charge in [-0.05, 0) is 38.0 Å². The van der Waals surface area contributed by atoms with Crippen molar-refractivity contribution in [1.29, 1.82) is 0 Å². The van der Waals surface area contributed by atoms with Crippen LogP contribution in [0.4, 0.5) is 0 Å². The van der Waals surface area contributed by atoms with Gasteiger partial charge in [-0.15, -0.1) is 0 Å². The molecule has 1 atom stereocenters. The highest BCUT2D eigenvalue weighted by atomic mass is 16.2.